The summed E-state index contributed by atoms with van der Waals surface area (Å²) >= 11 is 0. The van der Waals surface area contributed by atoms with Gasteiger partial charge >= 0.3 is 0 Å². The van der Waals surface area contributed by atoms with Crippen molar-refractivity contribution in [1.29, 1.82) is 0 Å². The summed E-state index contributed by atoms with van der Waals surface area (Å²) in [5, 5.41) is 3.45. The number of hydrogen-bond donors (Lipinski definition) is 1. The Bertz CT molecular complexity index is 184. The van der Waals surface area contributed by atoms with Crippen LogP contribution in [-0.2, 0) is 0 Å². The van der Waals surface area contributed by atoms with Gasteiger partial charge < -0.3 is 5.32 Å². The van der Waals surface area contributed by atoms with Crippen LogP contribution in [0.25, 0.3) is 0 Å². The molecule has 0 spiro atoms. The lowest BCUT2D eigenvalue weighted by molar-refractivity contribution is 0.187. The van der Waals surface area contributed by atoms with Crippen LogP contribution < -0.4 is 5.32 Å². The summed E-state index contributed by atoms with van der Waals surface area (Å²) in [7, 11) is 0. The van der Waals surface area contributed by atoms with Crippen LogP contribution in [0.1, 0.15) is 46.0 Å². The topological polar surface area (TPSA) is 15.3 Å². The van der Waals surface area contributed by atoms with Gasteiger partial charge in [0.15, 0.2) is 0 Å². The van der Waals surface area contributed by atoms with Gasteiger partial charge in [-0.25, -0.2) is 0 Å². The van der Waals surface area contributed by atoms with Crippen molar-refractivity contribution >= 4 is 12.4 Å². The first kappa shape index (κ1) is 14.3. The predicted octanol–water partition coefficient (Wildman–Crippen LogP) is 2.67. The van der Waals surface area contributed by atoms with E-state index >= 15 is 0 Å². The highest BCUT2D eigenvalue weighted by molar-refractivity contribution is 5.85. The second-order valence-electron chi connectivity index (χ2n) is 5.54. The summed E-state index contributed by atoms with van der Waals surface area (Å²) in [6.07, 6.45) is 7.12. The molecule has 3 heteroatoms. The van der Waals surface area contributed by atoms with Gasteiger partial charge in [0.1, 0.15) is 0 Å². The third-order valence-electron chi connectivity index (χ3n) is 3.93. The molecular weight excluding hydrogens is 220 g/mol. The number of rotatable bonds is 5. The van der Waals surface area contributed by atoms with Crippen LogP contribution >= 0.6 is 12.4 Å². The van der Waals surface area contributed by atoms with Gasteiger partial charge in [-0.05, 0) is 71.5 Å². The predicted molar refractivity (Wildman–Crippen MR) is 72.3 cm³/mol. The van der Waals surface area contributed by atoms with E-state index in [0.717, 1.165) is 18.0 Å². The Balaban J connectivity index is 0.00000128. The monoisotopic (exact) mass is 246 g/mol. The van der Waals surface area contributed by atoms with Crippen LogP contribution in [-0.4, -0.2) is 36.6 Å². The third-order valence-corrected chi connectivity index (χ3v) is 3.93. The number of hydrogen-bond acceptors (Lipinski definition) is 2. The lowest BCUT2D eigenvalue weighted by atomic mass is 9.94. The van der Waals surface area contributed by atoms with Crippen molar-refractivity contribution in [3.05, 3.63) is 0 Å². The molecule has 0 aromatic carbocycles. The Kier molecular flexibility index (Phi) is 6.09. The number of halogens is 1. The number of piperidine rings is 1. The van der Waals surface area contributed by atoms with Crippen LogP contribution in [0.5, 0.6) is 0 Å². The van der Waals surface area contributed by atoms with E-state index < -0.39 is 0 Å². The molecule has 0 aromatic heterocycles. The maximum absolute atomic E-state index is 3.45. The quantitative estimate of drug-likeness (QED) is 0.803. The van der Waals surface area contributed by atoms with Gasteiger partial charge in [-0.3, -0.25) is 4.90 Å². The molecule has 2 fully saturated rings. The van der Waals surface area contributed by atoms with Crippen LogP contribution in [0.2, 0.25) is 0 Å². The first-order valence-corrected chi connectivity index (χ1v) is 6.74. The fourth-order valence-corrected chi connectivity index (χ4v) is 2.77. The van der Waals surface area contributed by atoms with Gasteiger partial charge in [0.05, 0.1) is 0 Å². The van der Waals surface area contributed by atoms with Crippen molar-refractivity contribution in [2.24, 2.45) is 5.92 Å². The molecule has 1 saturated carbocycles. The smallest absolute Gasteiger partial charge is 0.00991 e. The second kappa shape index (κ2) is 6.83. The molecule has 0 amide bonds. The Labute approximate surface area is 107 Å². The number of nitrogens with one attached hydrogen (secondary N) is 1. The zero-order chi connectivity index (χ0) is 10.7. The highest BCUT2D eigenvalue weighted by atomic mass is 35.5. The first-order chi connectivity index (χ1) is 7.27. The summed E-state index contributed by atoms with van der Waals surface area (Å²) in [6, 6.07) is 1.69. The van der Waals surface area contributed by atoms with E-state index in [4.69, 9.17) is 0 Å². The first-order valence-electron chi connectivity index (χ1n) is 6.74. The van der Waals surface area contributed by atoms with Crippen molar-refractivity contribution in [1.82, 2.24) is 10.2 Å². The average molecular weight is 247 g/mol. The minimum atomic E-state index is 0. The Morgan fingerprint density at radius 3 is 2.25 bits per heavy atom. The summed E-state index contributed by atoms with van der Waals surface area (Å²) < 4.78 is 0. The molecule has 96 valence electrons. The molecule has 0 unspecified atom stereocenters. The van der Waals surface area contributed by atoms with Gasteiger partial charge in [-0.15, -0.1) is 12.4 Å². The molecule has 1 saturated heterocycles. The summed E-state index contributed by atoms with van der Waals surface area (Å²) in [5.74, 6) is 0.992. The second-order valence-corrected chi connectivity index (χ2v) is 5.54. The van der Waals surface area contributed by atoms with Gasteiger partial charge in [0, 0.05) is 12.1 Å². The molecular formula is C13H27ClN2. The molecule has 1 aliphatic heterocycles. The Hall–Kier alpha value is 0.210. The van der Waals surface area contributed by atoms with E-state index in [0.29, 0.717) is 0 Å². The van der Waals surface area contributed by atoms with Crippen molar-refractivity contribution in [2.45, 2.75) is 58.0 Å². The molecule has 0 aromatic rings. The number of nitrogens with zero attached hydrogens (tertiary/aromatic N) is 1. The van der Waals surface area contributed by atoms with Crippen molar-refractivity contribution < 1.29 is 0 Å². The molecule has 1 N–H and O–H groups in total. The minimum Gasteiger partial charge on any atom is -0.317 e. The van der Waals surface area contributed by atoms with E-state index in [2.05, 4.69) is 24.1 Å². The van der Waals surface area contributed by atoms with Gasteiger partial charge in [-0.1, -0.05) is 0 Å². The molecule has 2 rings (SSSR count). The zero-order valence-electron chi connectivity index (χ0n) is 10.7. The van der Waals surface area contributed by atoms with Crippen LogP contribution in [0.15, 0.2) is 0 Å². The highest BCUT2D eigenvalue weighted by Gasteiger charge is 2.30. The third kappa shape index (κ3) is 4.23. The molecule has 0 atom stereocenters. The molecule has 2 nitrogen and oxygen atoms in total. The molecule has 0 bridgehead atoms. The summed E-state index contributed by atoms with van der Waals surface area (Å²) in [5.41, 5.74) is 0. The van der Waals surface area contributed by atoms with E-state index in [-0.39, 0.29) is 12.4 Å². The standard InChI is InChI=1S/C13H26N2.ClH/c1-11(2)15(13-3-4-13)10-7-12-5-8-14-9-6-12;/h11-14H,3-10H2,1-2H3;1H. The largest absolute Gasteiger partial charge is 0.317 e. The fraction of sp³-hybridized carbons (Fsp3) is 1.00. The van der Waals surface area contributed by atoms with Gasteiger partial charge in [0.2, 0.25) is 0 Å². The zero-order valence-corrected chi connectivity index (χ0v) is 11.6. The minimum absolute atomic E-state index is 0. The average Bonchev–Trinajstić information content (AvgIpc) is 3.03. The molecule has 2 aliphatic rings. The van der Waals surface area contributed by atoms with E-state index in [1.54, 1.807) is 0 Å². The Morgan fingerprint density at radius 1 is 1.12 bits per heavy atom. The van der Waals surface area contributed by atoms with Crippen LogP contribution in [0.4, 0.5) is 0 Å². The van der Waals surface area contributed by atoms with Crippen molar-refractivity contribution in [3.8, 4) is 0 Å². The van der Waals surface area contributed by atoms with E-state index in [9.17, 15) is 0 Å². The highest BCUT2D eigenvalue weighted by Crippen LogP contribution is 2.29. The summed E-state index contributed by atoms with van der Waals surface area (Å²) in [4.78, 5) is 2.72. The van der Waals surface area contributed by atoms with Crippen molar-refractivity contribution in [2.75, 3.05) is 19.6 Å². The molecule has 16 heavy (non-hydrogen) atoms. The van der Waals surface area contributed by atoms with Crippen molar-refractivity contribution in [3.63, 3.8) is 0 Å². The van der Waals surface area contributed by atoms with E-state index in [1.165, 1.54) is 51.7 Å². The molecule has 1 heterocycles. The summed E-state index contributed by atoms with van der Waals surface area (Å²) in [6.45, 7) is 8.53. The van der Waals surface area contributed by atoms with Crippen LogP contribution in [0.3, 0.4) is 0 Å². The lowest BCUT2D eigenvalue weighted by Gasteiger charge is -2.30. The molecule has 1 aliphatic carbocycles. The Morgan fingerprint density at radius 2 is 1.75 bits per heavy atom. The maximum Gasteiger partial charge on any atom is 0.00991 e. The normalized spacial score (nSPS) is 22.5. The van der Waals surface area contributed by atoms with Gasteiger partial charge in [-0.2, -0.15) is 0 Å². The lowest BCUT2D eigenvalue weighted by Crippen LogP contribution is -2.36. The SMILES string of the molecule is CC(C)N(CCC1CCNCC1)C1CC1.Cl. The fourth-order valence-electron chi connectivity index (χ4n) is 2.77. The van der Waals surface area contributed by atoms with Gasteiger partial charge in [0.25, 0.3) is 0 Å². The maximum atomic E-state index is 3.45. The molecule has 0 radical (unpaired) electrons. The van der Waals surface area contributed by atoms with Crippen LogP contribution in [0, 0.1) is 5.92 Å². The van der Waals surface area contributed by atoms with E-state index in [1.807, 2.05) is 0 Å².